The number of aryl methyl sites for hydroxylation is 2. The monoisotopic (exact) mass is 434 g/mol. The number of aromatic nitrogens is 2. The molecule has 3 N–H and O–H groups in total. The summed E-state index contributed by atoms with van der Waals surface area (Å²) < 4.78 is 0. The van der Waals surface area contributed by atoms with Gasteiger partial charge in [-0.15, -0.1) is 0 Å². The number of thiazole rings is 1. The molecule has 2 atom stereocenters. The first-order chi connectivity index (χ1) is 15.0. The lowest BCUT2D eigenvalue weighted by atomic mass is 10.1. The van der Waals surface area contributed by atoms with Gasteiger partial charge >= 0.3 is 0 Å². The lowest BCUT2D eigenvalue weighted by Crippen LogP contribution is -2.54. The van der Waals surface area contributed by atoms with Crippen LogP contribution in [0.5, 0.6) is 0 Å². The molecule has 0 spiro atoms. The first-order valence-electron chi connectivity index (χ1n) is 10.8. The Balaban J connectivity index is 1.22. The summed E-state index contributed by atoms with van der Waals surface area (Å²) in [5.74, 6) is -0.383. The third-order valence-corrected chi connectivity index (χ3v) is 7.79. The molecule has 1 aromatic carbocycles. The molecule has 1 amide bonds. The minimum atomic E-state index is -0.383. The van der Waals surface area contributed by atoms with Crippen molar-refractivity contribution in [3.63, 3.8) is 0 Å². The van der Waals surface area contributed by atoms with Gasteiger partial charge in [0, 0.05) is 42.3 Å². The van der Waals surface area contributed by atoms with Crippen LogP contribution in [0.2, 0.25) is 0 Å². The number of likely N-dealkylation sites (tertiary alicyclic amines) is 1. The molecule has 0 radical (unpaired) electrons. The molecule has 2 saturated heterocycles. The Morgan fingerprint density at radius 3 is 2.81 bits per heavy atom. The Hall–Kier alpha value is -2.89. The zero-order valence-electron chi connectivity index (χ0n) is 17.6. The minimum Gasteiger partial charge on any atom is -0.365 e. The van der Waals surface area contributed by atoms with Crippen molar-refractivity contribution in [2.24, 2.45) is 5.73 Å². The number of piperazine rings is 1. The van der Waals surface area contributed by atoms with Gasteiger partial charge in [-0.25, -0.2) is 4.98 Å². The predicted octanol–water partition coefficient (Wildman–Crippen LogP) is 3.19. The number of fused-ring (bicyclic) bond motifs is 3. The summed E-state index contributed by atoms with van der Waals surface area (Å²) in [5, 5.41) is 11.3. The molecular weight excluding hydrogens is 408 g/mol. The van der Waals surface area contributed by atoms with Crippen molar-refractivity contribution < 1.29 is 4.79 Å². The number of nitrogens with one attached hydrogen (secondary N) is 1. The van der Waals surface area contributed by atoms with E-state index in [2.05, 4.69) is 32.0 Å². The Morgan fingerprint density at radius 2 is 2.13 bits per heavy atom. The number of nitrogens with two attached hydrogens (primary N) is 1. The molecule has 2 bridgehead atoms. The molecule has 3 aromatic rings. The molecule has 4 heterocycles. The van der Waals surface area contributed by atoms with E-state index >= 15 is 0 Å². The van der Waals surface area contributed by atoms with Crippen molar-refractivity contribution >= 4 is 33.3 Å². The summed E-state index contributed by atoms with van der Waals surface area (Å²) in [6.07, 6.45) is 6.51. The summed E-state index contributed by atoms with van der Waals surface area (Å²) in [7, 11) is 0. The van der Waals surface area contributed by atoms with Crippen LogP contribution in [0.15, 0.2) is 24.4 Å². The third-order valence-electron chi connectivity index (χ3n) is 6.60. The lowest BCUT2D eigenvalue weighted by molar-refractivity contribution is 0.100. The summed E-state index contributed by atoms with van der Waals surface area (Å²) in [6.45, 7) is 5.00. The number of benzene rings is 1. The zero-order chi connectivity index (χ0) is 21.5. The first kappa shape index (κ1) is 20.0. The normalized spacial score (nSPS) is 21.0. The Morgan fingerprint density at radius 1 is 1.35 bits per heavy atom. The fourth-order valence-electron chi connectivity index (χ4n) is 5.15. The number of nitrogens with zero attached hydrogens (tertiary/aromatic N) is 4. The molecule has 5 rings (SSSR count). The van der Waals surface area contributed by atoms with Gasteiger partial charge in [-0.3, -0.25) is 9.69 Å². The maximum atomic E-state index is 11.6. The Kier molecular flexibility index (Phi) is 5.16. The van der Waals surface area contributed by atoms with Gasteiger partial charge < -0.3 is 15.6 Å². The van der Waals surface area contributed by atoms with Crippen LogP contribution in [0.1, 0.15) is 45.8 Å². The molecule has 8 heteroatoms. The number of carbonyl (C=O) groups is 1. The maximum absolute atomic E-state index is 11.6. The average Bonchev–Trinajstić information content (AvgIpc) is 3.41. The van der Waals surface area contributed by atoms with E-state index in [1.807, 2.05) is 25.1 Å². The van der Waals surface area contributed by atoms with Gasteiger partial charge in [0.25, 0.3) is 5.91 Å². The van der Waals surface area contributed by atoms with Gasteiger partial charge in [0.05, 0.1) is 17.3 Å². The van der Waals surface area contributed by atoms with Crippen molar-refractivity contribution in [1.29, 1.82) is 5.26 Å². The molecule has 0 saturated carbocycles. The molecule has 2 fully saturated rings. The van der Waals surface area contributed by atoms with E-state index in [4.69, 9.17) is 5.73 Å². The van der Waals surface area contributed by atoms with Crippen LogP contribution < -0.4 is 10.6 Å². The number of aromatic amines is 1. The lowest BCUT2D eigenvalue weighted by Gasteiger charge is -2.41. The third kappa shape index (κ3) is 3.68. The van der Waals surface area contributed by atoms with Crippen molar-refractivity contribution in [2.75, 3.05) is 24.5 Å². The summed E-state index contributed by atoms with van der Waals surface area (Å²) in [5.41, 5.74) is 9.32. The van der Waals surface area contributed by atoms with Gasteiger partial charge in [-0.05, 0) is 62.9 Å². The molecule has 160 valence electrons. The SMILES string of the molecule is Cc1nc(N2C3CCC2CN(CCCc2c[nH]c4ccc(C#N)cc24)C3)sc1C(N)=O. The zero-order valence-corrected chi connectivity index (χ0v) is 18.4. The number of H-pyrrole nitrogens is 1. The van der Waals surface area contributed by atoms with E-state index in [9.17, 15) is 10.1 Å². The number of rotatable bonds is 6. The fraction of sp³-hybridized carbons (Fsp3) is 0.435. The first-order valence-corrected chi connectivity index (χ1v) is 11.6. The van der Waals surface area contributed by atoms with E-state index in [1.54, 1.807) is 0 Å². The number of amides is 1. The van der Waals surface area contributed by atoms with Gasteiger partial charge in [-0.2, -0.15) is 5.26 Å². The number of primary amides is 1. The Labute approximate surface area is 185 Å². The second kappa shape index (κ2) is 7.98. The molecule has 2 aliphatic heterocycles. The van der Waals surface area contributed by atoms with Crippen LogP contribution in [0.4, 0.5) is 5.13 Å². The van der Waals surface area contributed by atoms with Crippen LogP contribution in [0, 0.1) is 18.3 Å². The molecule has 2 unspecified atom stereocenters. The standard InChI is InChI=1S/C23H26N6OS/c1-14-21(22(25)30)31-23(27-14)29-17-5-6-18(29)13-28(12-17)8-2-3-16-11-26-20-7-4-15(10-24)9-19(16)20/h4,7,9,11,17-18,26H,2-3,5-6,8,12-13H2,1H3,(H2,25,30). The van der Waals surface area contributed by atoms with Crippen molar-refractivity contribution in [2.45, 2.75) is 44.7 Å². The molecule has 31 heavy (non-hydrogen) atoms. The van der Waals surface area contributed by atoms with Crippen LogP contribution in [0.3, 0.4) is 0 Å². The quantitative estimate of drug-likeness (QED) is 0.620. The summed E-state index contributed by atoms with van der Waals surface area (Å²) >= 11 is 1.44. The smallest absolute Gasteiger partial charge is 0.260 e. The average molecular weight is 435 g/mol. The van der Waals surface area contributed by atoms with Crippen LogP contribution in [-0.4, -0.2) is 52.5 Å². The Bertz CT molecular complexity index is 1160. The van der Waals surface area contributed by atoms with Gasteiger partial charge in [0.2, 0.25) is 0 Å². The maximum Gasteiger partial charge on any atom is 0.260 e. The molecular formula is C23H26N6OS. The van der Waals surface area contributed by atoms with E-state index in [1.165, 1.54) is 29.7 Å². The van der Waals surface area contributed by atoms with E-state index in [0.717, 1.165) is 54.2 Å². The second-order valence-electron chi connectivity index (χ2n) is 8.62. The topological polar surface area (TPSA) is 102 Å². The van der Waals surface area contributed by atoms with Crippen molar-refractivity contribution in [3.05, 3.63) is 46.1 Å². The molecule has 0 aliphatic carbocycles. The van der Waals surface area contributed by atoms with E-state index in [0.29, 0.717) is 22.5 Å². The molecule has 2 aliphatic rings. The highest BCUT2D eigenvalue weighted by atomic mass is 32.1. The fourth-order valence-corrected chi connectivity index (χ4v) is 6.22. The number of hydrogen-bond acceptors (Lipinski definition) is 6. The van der Waals surface area contributed by atoms with Crippen molar-refractivity contribution in [3.8, 4) is 6.07 Å². The van der Waals surface area contributed by atoms with E-state index < -0.39 is 0 Å². The molecule has 7 nitrogen and oxygen atoms in total. The largest absolute Gasteiger partial charge is 0.365 e. The summed E-state index contributed by atoms with van der Waals surface area (Å²) in [4.78, 5) is 25.2. The number of anilines is 1. The number of carbonyl (C=O) groups excluding carboxylic acids is 1. The highest BCUT2D eigenvalue weighted by Crippen LogP contribution is 2.38. The van der Waals surface area contributed by atoms with Crippen LogP contribution in [-0.2, 0) is 6.42 Å². The van der Waals surface area contributed by atoms with Crippen LogP contribution >= 0.6 is 11.3 Å². The minimum absolute atomic E-state index is 0.383. The van der Waals surface area contributed by atoms with Gasteiger partial charge in [-0.1, -0.05) is 11.3 Å². The predicted molar refractivity (Wildman–Crippen MR) is 122 cm³/mol. The van der Waals surface area contributed by atoms with Gasteiger partial charge in [0.15, 0.2) is 5.13 Å². The summed E-state index contributed by atoms with van der Waals surface area (Å²) in [6, 6.07) is 8.96. The number of nitriles is 1. The van der Waals surface area contributed by atoms with Crippen molar-refractivity contribution in [1.82, 2.24) is 14.9 Å². The highest BCUT2D eigenvalue weighted by molar-refractivity contribution is 7.17. The van der Waals surface area contributed by atoms with E-state index in [-0.39, 0.29) is 5.91 Å². The van der Waals surface area contributed by atoms with Crippen LogP contribution in [0.25, 0.3) is 10.9 Å². The second-order valence-corrected chi connectivity index (χ2v) is 9.59. The molecule has 2 aromatic heterocycles. The van der Waals surface area contributed by atoms with Gasteiger partial charge in [0.1, 0.15) is 4.88 Å². The number of hydrogen-bond donors (Lipinski definition) is 2. The highest BCUT2D eigenvalue weighted by Gasteiger charge is 2.41.